The van der Waals surface area contributed by atoms with Crippen LogP contribution in [0.5, 0.6) is 0 Å². The van der Waals surface area contributed by atoms with E-state index >= 15 is 0 Å². The third-order valence-corrected chi connectivity index (χ3v) is 3.90. The average molecular weight is 283 g/mol. The van der Waals surface area contributed by atoms with Crippen molar-refractivity contribution in [2.45, 2.75) is 26.2 Å². The van der Waals surface area contributed by atoms with Gasteiger partial charge in [0.1, 0.15) is 0 Å². The van der Waals surface area contributed by atoms with Crippen LogP contribution in [0.1, 0.15) is 35.1 Å². The van der Waals surface area contributed by atoms with E-state index in [4.69, 9.17) is 0 Å². The van der Waals surface area contributed by atoms with E-state index in [0.717, 1.165) is 24.2 Å². The Labute approximate surface area is 122 Å². The molecule has 0 spiro atoms. The fraction of sp³-hybridized carbons (Fsp3) is 0.312. The number of carbonyl (C=O) groups is 2. The summed E-state index contributed by atoms with van der Waals surface area (Å²) in [5.74, 6) is -0.0687. The van der Waals surface area contributed by atoms with Crippen LogP contribution in [0, 0.1) is 5.92 Å². The molecular formula is C16H17N3O2. The van der Waals surface area contributed by atoms with E-state index in [-0.39, 0.29) is 17.6 Å². The van der Waals surface area contributed by atoms with Gasteiger partial charge in [0, 0.05) is 29.3 Å². The molecular weight excluding hydrogens is 266 g/mol. The number of nitrogens with one attached hydrogen (secondary N) is 2. The first-order chi connectivity index (χ1) is 10.1. The number of imidazole rings is 1. The van der Waals surface area contributed by atoms with Crippen molar-refractivity contribution in [2.75, 3.05) is 5.32 Å². The van der Waals surface area contributed by atoms with Gasteiger partial charge in [-0.2, -0.15) is 0 Å². The maximum atomic E-state index is 12.3. The summed E-state index contributed by atoms with van der Waals surface area (Å²) < 4.78 is 0. The van der Waals surface area contributed by atoms with E-state index in [2.05, 4.69) is 15.3 Å². The van der Waals surface area contributed by atoms with Gasteiger partial charge in [-0.25, -0.2) is 4.98 Å². The van der Waals surface area contributed by atoms with Crippen LogP contribution in [0.15, 0.2) is 30.6 Å². The summed E-state index contributed by atoms with van der Waals surface area (Å²) in [4.78, 5) is 31.1. The number of aromatic amines is 1. The number of Topliss-reactive ketones (excluding diaryl/α,β-unsaturated/α-hetero) is 1. The molecule has 0 saturated heterocycles. The Morgan fingerprint density at radius 1 is 1.38 bits per heavy atom. The molecule has 1 amide bonds. The van der Waals surface area contributed by atoms with Gasteiger partial charge in [-0.1, -0.05) is 12.1 Å². The second-order valence-corrected chi connectivity index (χ2v) is 5.39. The number of ketones is 1. The highest BCUT2D eigenvalue weighted by molar-refractivity contribution is 5.97. The highest BCUT2D eigenvalue weighted by Crippen LogP contribution is 2.24. The molecule has 108 valence electrons. The number of aromatic nitrogens is 2. The second-order valence-electron chi connectivity index (χ2n) is 5.39. The summed E-state index contributed by atoms with van der Waals surface area (Å²) in [6, 6.07) is 7.04. The molecule has 3 rings (SSSR count). The largest absolute Gasteiger partial charge is 0.348 e. The molecule has 1 atom stereocenters. The van der Waals surface area contributed by atoms with Gasteiger partial charge in [0.05, 0.1) is 12.0 Å². The lowest BCUT2D eigenvalue weighted by molar-refractivity contribution is -0.120. The number of hydrogen-bond donors (Lipinski definition) is 2. The summed E-state index contributed by atoms with van der Waals surface area (Å²) in [5, 5.41) is 2.90. The number of fused-ring (bicyclic) bond motifs is 1. The molecule has 0 bridgehead atoms. The molecule has 0 saturated carbocycles. The summed E-state index contributed by atoms with van der Waals surface area (Å²) in [5.41, 5.74) is 3.40. The molecule has 1 aliphatic carbocycles. The number of carbonyl (C=O) groups excluding carboxylic acids is 2. The Hall–Kier alpha value is -2.43. The predicted molar refractivity (Wildman–Crippen MR) is 79.2 cm³/mol. The zero-order valence-electron chi connectivity index (χ0n) is 11.8. The van der Waals surface area contributed by atoms with Crippen molar-refractivity contribution in [1.82, 2.24) is 9.97 Å². The molecule has 0 aliphatic heterocycles. The van der Waals surface area contributed by atoms with Crippen LogP contribution in [0.2, 0.25) is 0 Å². The molecule has 5 nitrogen and oxygen atoms in total. The standard InChI is InChI=1S/C16H17N3O2/c1-10(20)11-3-2-4-13(7-11)19-16(21)12-5-6-14-15(8-12)18-9-17-14/h2-4,7,9,12H,5-6,8H2,1H3,(H,17,18)(H,19,21). The Balaban J connectivity index is 1.70. The summed E-state index contributed by atoms with van der Waals surface area (Å²) >= 11 is 0. The molecule has 2 N–H and O–H groups in total. The minimum Gasteiger partial charge on any atom is -0.348 e. The van der Waals surface area contributed by atoms with Crippen molar-refractivity contribution in [1.29, 1.82) is 0 Å². The molecule has 0 fully saturated rings. The van der Waals surface area contributed by atoms with Crippen molar-refractivity contribution in [2.24, 2.45) is 5.92 Å². The van der Waals surface area contributed by atoms with Gasteiger partial charge in [-0.15, -0.1) is 0 Å². The molecule has 1 unspecified atom stereocenters. The van der Waals surface area contributed by atoms with E-state index < -0.39 is 0 Å². The van der Waals surface area contributed by atoms with Gasteiger partial charge in [0.25, 0.3) is 0 Å². The monoisotopic (exact) mass is 283 g/mol. The van der Waals surface area contributed by atoms with Crippen molar-refractivity contribution in [3.05, 3.63) is 47.5 Å². The number of H-pyrrole nitrogens is 1. The summed E-state index contributed by atoms with van der Waals surface area (Å²) in [6.45, 7) is 1.52. The normalized spacial score (nSPS) is 17.1. The fourth-order valence-corrected chi connectivity index (χ4v) is 2.68. The van der Waals surface area contributed by atoms with E-state index in [9.17, 15) is 9.59 Å². The molecule has 2 aromatic rings. The molecule has 1 heterocycles. The van der Waals surface area contributed by atoms with E-state index in [1.807, 2.05) is 0 Å². The highest BCUT2D eigenvalue weighted by Gasteiger charge is 2.26. The van der Waals surface area contributed by atoms with E-state index in [1.165, 1.54) is 6.92 Å². The minimum absolute atomic E-state index is 0.00375. The first-order valence-electron chi connectivity index (χ1n) is 7.06. The molecule has 21 heavy (non-hydrogen) atoms. The smallest absolute Gasteiger partial charge is 0.227 e. The quantitative estimate of drug-likeness (QED) is 0.849. The Kier molecular flexibility index (Phi) is 3.56. The first-order valence-corrected chi connectivity index (χ1v) is 7.06. The Bertz CT molecular complexity index is 690. The summed E-state index contributed by atoms with van der Waals surface area (Å²) in [7, 11) is 0. The number of aryl methyl sites for hydroxylation is 1. The van der Waals surface area contributed by atoms with Crippen LogP contribution < -0.4 is 5.32 Å². The Morgan fingerprint density at radius 3 is 3.05 bits per heavy atom. The Morgan fingerprint density at radius 2 is 2.24 bits per heavy atom. The maximum absolute atomic E-state index is 12.3. The predicted octanol–water partition coefficient (Wildman–Crippen LogP) is 2.36. The van der Waals surface area contributed by atoms with Crippen LogP contribution >= 0.6 is 0 Å². The SMILES string of the molecule is CC(=O)c1cccc(NC(=O)C2CCc3nc[nH]c3C2)c1. The molecule has 0 radical (unpaired) electrons. The van der Waals surface area contributed by atoms with Gasteiger partial charge in [0.15, 0.2) is 5.78 Å². The van der Waals surface area contributed by atoms with E-state index in [1.54, 1.807) is 30.6 Å². The average Bonchev–Trinajstić information content (AvgIpc) is 2.94. The zero-order valence-corrected chi connectivity index (χ0v) is 11.8. The lowest BCUT2D eigenvalue weighted by Gasteiger charge is -2.20. The number of benzene rings is 1. The molecule has 1 aromatic carbocycles. The van der Waals surface area contributed by atoms with E-state index in [0.29, 0.717) is 17.7 Å². The van der Waals surface area contributed by atoms with Crippen molar-refractivity contribution >= 4 is 17.4 Å². The number of hydrogen-bond acceptors (Lipinski definition) is 3. The minimum atomic E-state index is -0.0565. The number of amides is 1. The van der Waals surface area contributed by atoms with Crippen molar-refractivity contribution in [3.63, 3.8) is 0 Å². The van der Waals surface area contributed by atoms with Gasteiger partial charge < -0.3 is 10.3 Å². The van der Waals surface area contributed by atoms with Gasteiger partial charge in [-0.3, -0.25) is 9.59 Å². The van der Waals surface area contributed by atoms with Gasteiger partial charge >= 0.3 is 0 Å². The first kappa shape index (κ1) is 13.5. The van der Waals surface area contributed by atoms with Gasteiger partial charge in [-0.05, 0) is 31.9 Å². The lowest BCUT2D eigenvalue weighted by atomic mass is 9.89. The second kappa shape index (κ2) is 5.52. The fourth-order valence-electron chi connectivity index (χ4n) is 2.68. The number of anilines is 1. The topological polar surface area (TPSA) is 74.8 Å². The van der Waals surface area contributed by atoms with Crippen LogP contribution in [-0.2, 0) is 17.6 Å². The van der Waals surface area contributed by atoms with Crippen LogP contribution in [-0.4, -0.2) is 21.7 Å². The zero-order chi connectivity index (χ0) is 14.8. The summed E-state index contributed by atoms with van der Waals surface area (Å²) in [6.07, 6.45) is 4.00. The van der Waals surface area contributed by atoms with Gasteiger partial charge in [0.2, 0.25) is 5.91 Å². The number of nitrogens with zero attached hydrogens (tertiary/aromatic N) is 1. The molecule has 1 aliphatic rings. The van der Waals surface area contributed by atoms with Crippen LogP contribution in [0.3, 0.4) is 0 Å². The number of rotatable bonds is 3. The third kappa shape index (κ3) is 2.86. The lowest BCUT2D eigenvalue weighted by Crippen LogP contribution is -2.28. The van der Waals surface area contributed by atoms with Crippen LogP contribution in [0.4, 0.5) is 5.69 Å². The maximum Gasteiger partial charge on any atom is 0.227 e. The van der Waals surface area contributed by atoms with Crippen molar-refractivity contribution < 1.29 is 9.59 Å². The van der Waals surface area contributed by atoms with Crippen LogP contribution in [0.25, 0.3) is 0 Å². The third-order valence-electron chi connectivity index (χ3n) is 3.90. The van der Waals surface area contributed by atoms with Crippen molar-refractivity contribution in [3.8, 4) is 0 Å². The molecule has 1 aromatic heterocycles. The molecule has 5 heteroatoms. The highest BCUT2D eigenvalue weighted by atomic mass is 16.2.